The third kappa shape index (κ3) is 4.40. The number of urea groups is 1. The van der Waals surface area contributed by atoms with E-state index in [2.05, 4.69) is 19.2 Å². The molecular weight excluding hydrogens is 244 g/mol. The molecule has 2 amide bonds. The molecule has 0 spiro atoms. The molecule has 0 saturated heterocycles. The van der Waals surface area contributed by atoms with E-state index in [1.165, 1.54) is 0 Å². The van der Waals surface area contributed by atoms with Crippen LogP contribution in [-0.4, -0.2) is 41.1 Å². The summed E-state index contributed by atoms with van der Waals surface area (Å²) in [6, 6.07) is -0.853. The first kappa shape index (κ1) is 15.8. The summed E-state index contributed by atoms with van der Waals surface area (Å²) in [5, 5.41) is 11.5. The molecule has 1 atom stereocenters. The van der Waals surface area contributed by atoms with Crippen LogP contribution >= 0.6 is 0 Å². The highest BCUT2D eigenvalue weighted by Gasteiger charge is 2.31. The molecule has 0 aromatic carbocycles. The maximum Gasteiger partial charge on any atom is 0.326 e. The van der Waals surface area contributed by atoms with Gasteiger partial charge < -0.3 is 15.3 Å². The summed E-state index contributed by atoms with van der Waals surface area (Å²) < 4.78 is 0. The normalized spacial score (nSPS) is 20.6. The Hall–Kier alpha value is -1.26. The van der Waals surface area contributed by atoms with Crippen LogP contribution in [0.1, 0.15) is 52.9 Å². The number of hydrogen-bond donors (Lipinski definition) is 2. The van der Waals surface area contributed by atoms with Crippen LogP contribution in [-0.2, 0) is 4.79 Å². The first-order valence-electron chi connectivity index (χ1n) is 7.03. The van der Waals surface area contributed by atoms with Crippen molar-refractivity contribution >= 4 is 12.0 Å². The summed E-state index contributed by atoms with van der Waals surface area (Å²) in [6.07, 6.45) is 4.57. The Kier molecular flexibility index (Phi) is 5.20. The second-order valence-corrected chi connectivity index (χ2v) is 6.25. The van der Waals surface area contributed by atoms with Crippen molar-refractivity contribution in [3.63, 3.8) is 0 Å². The SMILES string of the molecule is CCC(NC(=O)N(C)C1CCC(C)(C)CC1)C(=O)O. The van der Waals surface area contributed by atoms with Crippen molar-refractivity contribution in [3.05, 3.63) is 0 Å². The van der Waals surface area contributed by atoms with Gasteiger partial charge in [-0.15, -0.1) is 0 Å². The Bertz CT molecular complexity index is 332. The molecule has 0 bridgehead atoms. The number of carbonyl (C=O) groups is 2. The van der Waals surface area contributed by atoms with E-state index in [-0.39, 0.29) is 12.1 Å². The summed E-state index contributed by atoms with van der Waals surface area (Å²) in [5.74, 6) is -0.978. The van der Waals surface area contributed by atoms with Crippen molar-refractivity contribution in [1.82, 2.24) is 10.2 Å². The Morgan fingerprint density at radius 3 is 2.32 bits per heavy atom. The van der Waals surface area contributed by atoms with Gasteiger partial charge in [0, 0.05) is 13.1 Å². The molecule has 0 aliphatic heterocycles. The molecule has 0 aromatic heterocycles. The Labute approximate surface area is 115 Å². The molecule has 1 aliphatic rings. The monoisotopic (exact) mass is 270 g/mol. The summed E-state index contributed by atoms with van der Waals surface area (Å²) >= 11 is 0. The lowest BCUT2D eigenvalue weighted by atomic mass is 9.75. The summed E-state index contributed by atoms with van der Waals surface area (Å²) in [7, 11) is 1.76. The molecule has 1 aliphatic carbocycles. The van der Waals surface area contributed by atoms with Gasteiger partial charge in [0.15, 0.2) is 0 Å². The fourth-order valence-corrected chi connectivity index (χ4v) is 2.53. The van der Waals surface area contributed by atoms with Gasteiger partial charge in [0.1, 0.15) is 6.04 Å². The molecule has 0 aromatic rings. The Balaban J connectivity index is 2.51. The molecule has 19 heavy (non-hydrogen) atoms. The molecular formula is C14H26N2O3. The van der Waals surface area contributed by atoms with E-state index in [1.54, 1.807) is 18.9 Å². The third-order valence-electron chi connectivity index (χ3n) is 4.18. The van der Waals surface area contributed by atoms with Gasteiger partial charge >= 0.3 is 12.0 Å². The van der Waals surface area contributed by atoms with Gasteiger partial charge in [0.2, 0.25) is 0 Å². The van der Waals surface area contributed by atoms with Gasteiger partial charge in [-0.25, -0.2) is 9.59 Å². The molecule has 0 heterocycles. The van der Waals surface area contributed by atoms with Gasteiger partial charge in [0.25, 0.3) is 0 Å². The van der Waals surface area contributed by atoms with E-state index in [9.17, 15) is 9.59 Å². The average molecular weight is 270 g/mol. The highest BCUT2D eigenvalue weighted by atomic mass is 16.4. The molecule has 110 valence electrons. The van der Waals surface area contributed by atoms with Crippen LogP contribution < -0.4 is 5.32 Å². The van der Waals surface area contributed by atoms with E-state index in [4.69, 9.17) is 5.11 Å². The van der Waals surface area contributed by atoms with Crippen molar-refractivity contribution in [1.29, 1.82) is 0 Å². The van der Waals surface area contributed by atoms with Crippen LogP contribution in [0.3, 0.4) is 0 Å². The highest BCUT2D eigenvalue weighted by Crippen LogP contribution is 2.36. The molecule has 1 rings (SSSR count). The first-order chi connectivity index (χ1) is 8.76. The van der Waals surface area contributed by atoms with E-state index >= 15 is 0 Å². The second kappa shape index (κ2) is 6.26. The van der Waals surface area contributed by atoms with E-state index in [0.29, 0.717) is 11.8 Å². The van der Waals surface area contributed by atoms with Crippen molar-refractivity contribution in [3.8, 4) is 0 Å². The number of carbonyl (C=O) groups excluding carboxylic acids is 1. The molecule has 2 N–H and O–H groups in total. The maximum atomic E-state index is 12.0. The molecule has 5 nitrogen and oxygen atoms in total. The fourth-order valence-electron chi connectivity index (χ4n) is 2.53. The minimum atomic E-state index is -0.978. The fraction of sp³-hybridized carbons (Fsp3) is 0.857. The topological polar surface area (TPSA) is 69.6 Å². The van der Waals surface area contributed by atoms with E-state index in [1.807, 2.05) is 0 Å². The predicted molar refractivity (Wildman–Crippen MR) is 74.0 cm³/mol. The molecule has 1 unspecified atom stereocenters. The van der Waals surface area contributed by atoms with Crippen LogP contribution in [0.15, 0.2) is 0 Å². The largest absolute Gasteiger partial charge is 0.480 e. The smallest absolute Gasteiger partial charge is 0.326 e. The molecule has 1 saturated carbocycles. The minimum Gasteiger partial charge on any atom is -0.480 e. The van der Waals surface area contributed by atoms with Gasteiger partial charge in [-0.1, -0.05) is 20.8 Å². The lowest BCUT2D eigenvalue weighted by Gasteiger charge is -2.38. The predicted octanol–water partition coefficient (Wildman–Crippen LogP) is 2.46. The Morgan fingerprint density at radius 2 is 1.89 bits per heavy atom. The van der Waals surface area contributed by atoms with Crippen LogP contribution in [0.4, 0.5) is 4.79 Å². The van der Waals surface area contributed by atoms with Crippen LogP contribution in [0.5, 0.6) is 0 Å². The van der Waals surface area contributed by atoms with Gasteiger partial charge in [-0.05, 0) is 37.5 Å². The van der Waals surface area contributed by atoms with Crippen molar-refractivity contribution in [2.24, 2.45) is 5.41 Å². The summed E-state index contributed by atoms with van der Waals surface area (Å²) in [5.41, 5.74) is 0.362. The lowest BCUT2D eigenvalue weighted by molar-refractivity contribution is -0.139. The quantitative estimate of drug-likeness (QED) is 0.824. The third-order valence-corrected chi connectivity index (χ3v) is 4.18. The highest BCUT2D eigenvalue weighted by molar-refractivity contribution is 5.82. The van der Waals surface area contributed by atoms with Crippen LogP contribution in [0.25, 0.3) is 0 Å². The maximum absolute atomic E-state index is 12.0. The number of aliphatic carboxylic acids is 1. The van der Waals surface area contributed by atoms with Gasteiger partial charge in [-0.2, -0.15) is 0 Å². The standard InChI is InChI=1S/C14H26N2O3/c1-5-11(12(17)18)15-13(19)16(4)10-6-8-14(2,3)9-7-10/h10-11H,5-9H2,1-4H3,(H,15,19)(H,17,18). The number of nitrogens with one attached hydrogen (secondary N) is 1. The Morgan fingerprint density at radius 1 is 1.37 bits per heavy atom. The number of carboxylic acid groups (broad SMARTS) is 1. The van der Waals surface area contributed by atoms with E-state index in [0.717, 1.165) is 25.7 Å². The first-order valence-corrected chi connectivity index (χ1v) is 7.03. The van der Waals surface area contributed by atoms with Gasteiger partial charge in [-0.3, -0.25) is 0 Å². The van der Waals surface area contributed by atoms with Crippen LogP contribution in [0.2, 0.25) is 0 Å². The summed E-state index contributed by atoms with van der Waals surface area (Å²) in [6.45, 7) is 6.25. The zero-order valence-electron chi connectivity index (χ0n) is 12.4. The van der Waals surface area contributed by atoms with Crippen molar-refractivity contribution < 1.29 is 14.7 Å². The number of nitrogens with zero attached hydrogens (tertiary/aromatic N) is 1. The van der Waals surface area contributed by atoms with E-state index < -0.39 is 12.0 Å². The number of rotatable bonds is 4. The van der Waals surface area contributed by atoms with Crippen molar-refractivity contribution in [2.45, 2.75) is 65.0 Å². The second-order valence-electron chi connectivity index (χ2n) is 6.25. The van der Waals surface area contributed by atoms with Crippen molar-refractivity contribution in [2.75, 3.05) is 7.05 Å². The average Bonchev–Trinajstić information content (AvgIpc) is 2.34. The number of hydrogen-bond acceptors (Lipinski definition) is 2. The molecule has 5 heteroatoms. The minimum absolute atomic E-state index is 0.222. The lowest BCUT2D eigenvalue weighted by Crippen LogP contribution is -2.50. The number of carboxylic acids is 1. The van der Waals surface area contributed by atoms with Crippen LogP contribution in [0, 0.1) is 5.41 Å². The zero-order valence-corrected chi connectivity index (χ0v) is 12.4. The number of amides is 2. The molecule has 1 fully saturated rings. The summed E-state index contributed by atoms with van der Waals surface area (Å²) in [4.78, 5) is 24.6. The molecule has 0 radical (unpaired) electrons. The van der Waals surface area contributed by atoms with Gasteiger partial charge in [0.05, 0.1) is 0 Å². The zero-order chi connectivity index (χ0) is 14.6.